The molecule has 4 nitrogen and oxygen atoms in total. The van der Waals surface area contributed by atoms with Crippen LogP contribution in [-0.4, -0.2) is 10.1 Å². The van der Waals surface area contributed by atoms with Gasteiger partial charge in [-0.3, -0.25) is 0 Å². The summed E-state index contributed by atoms with van der Waals surface area (Å²) in [6, 6.07) is 5.93. The summed E-state index contributed by atoms with van der Waals surface area (Å²) >= 11 is 0. The van der Waals surface area contributed by atoms with E-state index in [1.54, 1.807) is 12.1 Å². The van der Waals surface area contributed by atoms with Crippen LogP contribution in [0.1, 0.15) is 44.1 Å². The van der Waals surface area contributed by atoms with Crippen molar-refractivity contribution in [2.45, 2.75) is 33.2 Å². The van der Waals surface area contributed by atoms with Crippen molar-refractivity contribution in [2.75, 3.05) is 0 Å². The van der Waals surface area contributed by atoms with Crippen molar-refractivity contribution in [1.82, 2.24) is 10.1 Å². The molecule has 102 valence electrons. The zero-order valence-corrected chi connectivity index (χ0v) is 11.4. The Kier molecular flexibility index (Phi) is 3.66. The molecule has 0 fully saturated rings. The fourth-order valence-corrected chi connectivity index (χ4v) is 1.62. The number of benzene rings is 1. The predicted octanol–water partition coefficient (Wildman–Crippen LogP) is 2.85. The highest BCUT2D eigenvalue weighted by Crippen LogP contribution is 2.29. The molecule has 1 aromatic heterocycles. The average molecular weight is 263 g/mol. The van der Waals surface area contributed by atoms with Crippen LogP contribution in [-0.2, 0) is 6.42 Å². The normalized spacial score (nSPS) is 13.5. The van der Waals surface area contributed by atoms with Crippen LogP contribution in [0, 0.1) is 11.2 Å². The first-order chi connectivity index (χ1) is 8.86. The third-order valence-corrected chi connectivity index (χ3v) is 2.96. The zero-order valence-electron chi connectivity index (χ0n) is 11.4. The fourth-order valence-electron chi connectivity index (χ4n) is 1.62. The number of hydrogen-bond donors (Lipinski definition) is 1. The van der Waals surface area contributed by atoms with Gasteiger partial charge in [0.15, 0.2) is 5.82 Å². The van der Waals surface area contributed by atoms with Gasteiger partial charge in [-0.1, -0.05) is 38.1 Å². The molecular formula is C14H18FN3O. The Hall–Kier alpha value is -1.75. The van der Waals surface area contributed by atoms with E-state index in [9.17, 15) is 4.39 Å². The van der Waals surface area contributed by atoms with E-state index in [0.717, 1.165) is 5.56 Å². The van der Waals surface area contributed by atoms with Crippen molar-refractivity contribution in [3.05, 3.63) is 47.4 Å². The van der Waals surface area contributed by atoms with Gasteiger partial charge in [-0.2, -0.15) is 4.98 Å². The molecule has 0 bridgehead atoms. The van der Waals surface area contributed by atoms with Gasteiger partial charge < -0.3 is 10.3 Å². The van der Waals surface area contributed by atoms with Crippen molar-refractivity contribution in [3.8, 4) is 0 Å². The highest BCUT2D eigenvalue weighted by molar-refractivity contribution is 5.19. The molecule has 0 aliphatic carbocycles. The lowest BCUT2D eigenvalue weighted by Crippen LogP contribution is -2.26. The molecule has 0 aliphatic rings. The van der Waals surface area contributed by atoms with Crippen LogP contribution >= 0.6 is 0 Å². The standard InChI is InChI=1S/C14H18FN3O/c1-14(2,3)12(16)13-17-11(18-19-13)8-9-4-6-10(15)7-5-9/h4-7,12H,8,16H2,1-3H3/t12-/m0/s1. The quantitative estimate of drug-likeness (QED) is 0.924. The molecule has 0 radical (unpaired) electrons. The molecule has 1 atom stereocenters. The van der Waals surface area contributed by atoms with Gasteiger partial charge in [0.2, 0.25) is 5.89 Å². The van der Waals surface area contributed by atoms with Crippen LogP contribution in [0.2, 0.25) is 0 Å². The Labute approximate surface area is 111 Å². The van der Waals surface area contributed by atoms with Gasteiger partial charge in [-0.25, -0.2) is 4.39 Å². The maximum atomic E-state index is 12.8. The third kappa shape index (κ3) is 3.38. The fraction of sp³-hybridized carbons (Fsp3) is 0.429. The molecule has 2 rings (SSSR count). The van der Waals surface area contributed by atoms with E-state index in [-0.39, 0.29) is 17.3 Å². The van der Waals surface area contributed by atoms with Gasteiger partial charge in [-0.05, 0) is 23.1 Å². The second-order valence-corrected chi connectivity index (χ2v) is 5.70. The lowest BCUT2D eigenvalue weighted by atomic mass is 9.87. The molecule has 0 unspecified atom stereocenters. The molecule has 2 aromatic rings. The Morgan fingerprint density at radius 2 is 1.89 bits per heavy atom. The van der Waals surface area contributed by atoms with Gasteiger partial charge in [-0.15, -0.1) is 0 Å². The van der Waals surface area contributed by atoms with E-state index in [1.165, 1.54) is 12.1 Å². The van der Waals surface area contributed by atoms with Crippen molar-refractivity contribution < 1.29 is 8.91 Å². The molecule has 0 amide bonds. The van der Waals surface area contributed by atoms with E-state index in [4.69, 9.17) is 10.3 Å². The van der Waals surface area contributed by atoms with E-state index in [2.05, 4.69) is 10.1 Å². The van der Waals surface area contributed by atoms with Crippen molar-refractivity contribution in [1.29, 1.82) is 0 Å². The minimum atomic E-state index is -0.304. The Bertz CT molecular complexity index is 543. The monoisotopic (exact) mass is 263 g/mol. The summed E-state index contributed by atoms with van der Waals surface area (Å²) < 4.78 is 18.0. The maximum Gasteiger partial charge on any atom is 0.244 e. The molecule has 0 aliphatic heterocycles. The second-order valence-electron chi connectivity index (χ2n) is 5.70. The lowest BCUT2D eigenvalue weighted by molar-refractivity contribution is 0.252. The molecular weight excluding hydrogens is 245 g/mol. The van der Waals surface area contributed by atoms with E-state index < -0.39 is 0 Å². The van der Waals surface area contributed by atoms with Crippen molar-refractivity contribution >= 4 is 0 Å². The molecule has 0 spiro atoms. The summed E-state index contributed by atoms with van der Waals surface area (Å²) in [5.41, 5.74) is 6.84. The van der Waals surface area contributed by atoms with Crippen LogP contribution in [0.5, 0.6) is 0 Å². The number of nitrogens with two attached hydrogens (primary N) is 1. The van der Waals surface area contributed by atoms with Gasteiger partial charge in [0.1, 0.15) is 5.82 Å². The van der Waals surface area contributed by atoms with Gasteiger partial charge >= 0.3 is 0 Å². The maximum absolute atomic E-state index is 12.8. The Morgan fingerprint density at radius 1 is 1.26 bits per heavy atom. The number of hydrogen-bond acceptors (Lipinski definition) is 4. The number of nitrogens with zero attached hydrogens (tertiary/aromatic N) is 2. The van der Waals surface area contributed by atoms with E-state index >= 15 is 0 Å². The summed E-state index contributed by atoms with van der Waals surface area (Å²) in [7, 11) is 0. The highest BCUT2D eigenvalue weighted by atomic mass is 19.1. The van der Waals surface area contributed by atoms with E-state index in [0.29, 0.717) is 18.1 Å². The number of aromatic nitrogens is 2. The van der Waals surface area contributed by atoms with Gasteiger partial charge in [0.05, 0.1) is 6.04 Å². The molecule has 19 heavy (non-hydrogen) atoms. The Balaban J connectivity index is 2.11. The summed E-state index contributed by atoms with van der Waals surface area (Å²) in [6.07, 6.45) is 0.501. The molecule has 0 saturated heterocycles. The molecule has 2 N–H and O–H groups in total. The Morgan fingerprint density at radius 3 is 2.47 bits per heavy atom. The summed E-state index contributed by atoms with van der Waals surface area (Å²) in [4.78, 5) is 4.30. The topological polar surface area (TPSA) is 64.9 Å². The van der Waals surface area contributed by atoms with Crippen LogP contribution < -0.4 is 5.73 Å². The first-order valence-corrected chi connectivity index (χ1v) is 6.19. The minimum Gasteiger partial charge on any atom is -0.338 e. The molecule has 1 aromatic carbocycles. The molecule has 1 heterocycles. The SMILES string of the molecule is CC(C)(C)[C@@H](N)c1nc(Cc2ccc(F)cc2)no1. The van der Waals surface area contributed by atoms with E-state index in [1.807, 2.05) is 20.8 Å². The summed E-state index contributed by atoms with van der Waals surface area (Å²) in [5.74, 6) is 0.734. The first kappa shape index (κ1) is 13.7. The van der Waals surface area contributed by atoms with Crippen LogP contribution in [0.15, 0.2) is 28.8 Å². The average Bonchev–Trinajstić information content (AvgIpc) is 2.78. The lowest BCUT2D eigenvalue weighted by Gasteiger charge is -2.23. The molecule has 5 heteroatoms. The predicted molar refractivity (Wildman–Crippen MR) is 69.9 cm³/mol. The second kappa shape index (κ2) is 5.09. The smallest absolute Gasteiger partial charge is 0.244 e. The largest absolute Gasteiger partial charge is 0.338 e. The molecule has 0 saturated carbocycles. The number of rotatable bonds is 3. The van der Waals surface area contributed by atoms with Crippen LogP contribution in [0.3, 0.4) is 0 Å². The highest BCUT2D eigenvalue weighted by Gasteiger charge is 2.27. The first-order valence-electron chi connectivity index (χ1n) is 6.19. The van der Waals surface area contributed by atoms with Crippen molar-refractivity contribution in [3.63, 3.8) is 0 Å². The van der Waals surface area contributed by atoms with Crippen LogP contribution in [0.4, 0.5) is 4.39 Å². The van der Waals surface area contributed by atoms with Crippen molar-refractivity contribution in [2.24, 2.45) is 11.1 Å². The third-order valence-electron chi connectivity index (χ3n) is 2.96. The van der Waals surface area contributed by atoms with Crippen LogP contribution in [0.25, 0.3) is 0 Å². The number of halogens is 1. The van der Waals surface area contributed by atoms with Gasteiger partial charge in [0, 0.05) is 6.42 Å². The summed E-state index contributed by atoms with van der Waals surface area (Å²) in [6.45, 7) is 6.05. The van der Waals surface area contributed by atoms with Gasteiger partial charge in [0.25, 0.3) is 0 Å². The summed E-state index contributed by atoms with van der Waals surface area (Å²) in [5, 5.41) is 3.91. The minimum absolute atomic E-state index is 0.139. The zero-order chi connectivity index (χ0) is 14.0.